The minimum Gasteiger partial charge on any atom is -0.508 e. The van der Waals surface area contributed by atoms with Crippen molar-refractivity contribution in [2.24, 2.45) is 5.92 Å². The molecule has 0 saturated carbocycles. The highest BCUT2D eigenvalue weighted by Crippen LogP contribution is 2.46. The molecule has 3 aromatic rings. The largest absolute Gasteiger partial charge is 0.508 e. The molecule has 29 heavy (non-hydrogen) atoms. The summed E-state index contributed by atoms with van der Waals surface area (Å²) >= 11 is 0. The molecule has 4 nitrogen and oxygen atoms in total. The van der Waals surface area contributed by atoms with E-state index in [0.29, 0.717) is 18.4 Å². The van der Waals surface area contributed by atoms with Crippen molar-refractivity contribution < 1.29 is 19.4 Å². The summed E-state index contributed by atoms with van der Waals surface area (Å²) in [5, 5.41) is 20.1. The van der Waals surface area contributed by atoms with E-state index in [1.54, 1.807) is 29.2 Å². The Hall–Kier alpha value is -3.18. The lowest BCUT2D eigenvalue weighted by Gasteiger charge is -2.48. The van der Waals surface area contributed by atoms with E-state index < -0.39 is 6.10 Å². The van der Waals surface area contributed by atoms with E-state index in [2.05, 4.69) is 0 Å². The number of amides is 1. The number of aliphatic hydroxyl groups is 1. The molecule has 2 N–H and O–H groups in total. The van der Waals surface area contributed by atoms with Gasteiger partial charge >= 0.3 is 0 Å². The predicted octanol–water partition coefficient (Wildman–Crippen LogP) is 4.75. The molecule has 1 heterocycles. The standard InChI is InChI=1S/C24H22FNO3/c25-18-10-6-16(7-11-18)22(28)15-14-21-23(17-8-12-20(27)13-9-17)26(24(21)29)19-4-2-1-3-5-19/h1-13,21-23,27-28H,14-15H2/t21-,22+,23-/m1/s1. The maximum atomic E-state index is 13.1. The Morgan fingerprint density at radius 3 is 2.24 bits per heavy atom. The van der Waals surface area contributed by atoms with E-state index in [9.17, 15) is 19.4 Å². The van der Waals surface area contributed by atoms with Crippen LogP contribution in [0.4, 0.5) is 10.1 Å². The van der Waals surface area contributed by atoms with Crippen LogP contribution in [0.25, 0.3) is 0 Å². The van der Waals surface area contributed by atoms with E-state index in [4.69, 9.17) is 0 Å². The molecule has 3 aromatic carbocycles. The summed E-state index contributed by atoms with van der Waals surface area (Å²) < 4.78 is 13.1. The van der Waals surface area contributed by atoms with E-state index in [0.717, 1.165) is 11.3 Å². The number of aliphatic hydroxyl groups excluding tert-OH is 1. The molecule has 3 atom stereocenters. The van der Waals surface area contributed by atoms with Gasteiger partial charge in [0.15, 0.2) is 0 Å². The topological polar surface area (TPSA) is 60.8 Å². The number of aromatic hydroxyl groups is 1. The molecule has 1 aliphatic heterocycles. The van der Waals surface area contributed by atoms with Crippen molar-refractivity contribution in [3.8, 4) is 5.75 Å². The molecular formula is C24H22FNO3. The van der Waals surface area contributed by atoms with E-state index >= 15 is 0 Å². The third-order valence-corrected chi connectivity index (χ3v) is 5.49. The number of anilines is 1. The number of carbonyl (C=O) groups is 1. The van der Waals surface area contributed by atoms with Gasteiger partial charge in [-0.3, -0.25) is 4.79 Å². The van der Waals surface area contributed by atoms with Gasteiger partial charge in [-0.15, -0.1) is 0 Å². The monoisotopic (exact) mass is 391 g/mol. The lowest BCUT2D eigenvalue weighted by Crippen LogP contribution is -2.55. The van der Waals surface area contributed by atoms with Crippen LogP contribution < -0.4 is 4.90 Å². The van der Waals surface area contributed by atoms with Gasteiger partial charge in [0.2, 0.25) is 5.91 Å². The lowest BCUT2D eigenvalue weighted by molar-refractivity contribution is -0.131. The molecule has 0 bridgehead atoms. The predicted molar refractivity (Wildman–Crippen MR) is 109 cm³/mol. The van der Waals surface area contributed by atoms with Crippen molar-refractivity contribution in [3.05, 3.63) is 95.8 Å². The molecule has 0 radical (unpaired) electrons. The molecule has 1 saturated heterocycles. The average molecular weight is 391 g/mol. The molecular weight excluding hydrogens is 369 g/mol. The third kappa shape index (κ3) is 3.87. The number of benzene rings is 3. The fourth-order valence-electron chi connectivity index (χ4n) is 3.95. The first kappa shape index (κ1) is 19.2. The van der Waals surface area contributed by atoms with Crippen LogP contribution in [0.2, 0.25) is 0 Å². The van der Waals surface area contributed by atoms with Crippen LogP contribution in [0.5, 0.6) is 5.75 Å². The Kier molecular flexibility index (Phi) is 5.32. The van der Waals surface area contributed by atoms with Crippen LogP contribution in [-0.4, -0.2) is 16.1 Å². The summed E-state index contributed by atoms with van der Waals surface area (Å²) in [6.45, 7) is 0. The number of nitrogens with zero attached hydrogens (tertiary/aromatic N) is 1. The number of hydrogen-bond acceptors (Lipinski definition) is 3. The van der Waals surface area contributed by atoms with E-state index in [1.165, 1.54) is 12.1 Å². The van der Waals surface area contributed by atoms with Gasteiger partial charge < -0.3 is 15.1 Å². The number of β-lactam (4-membered cyclic amide) rings is 1. The van der Waals surface area contributed by atoms with Gasteiger partial charge in [0, 0.05) is 5.69 Å². The number of halogens is 1. The minimum absolute atomic E-state index is 0.0144. The van der Waals surface area contributed by atoms with Crippen molar-refractivity contribution in [2.45, 2.75) is 25.0 Å². The van der Waals surface area contributed by atoms with Crippen LogP contribution in [0.3, 0.4) is 0 Å². The molecule has 0 unspecified atom stereocenters. The molecule has 0 aliphatic carbocycles. The summed E-state index contributed by atoms with van der Waals surface area (Å²) in [4.78, 5) is 14.7. The van der Waals surface area contributed by atoms with Gasteiger partial charge in [-0.2, -0.15) is 0 Å². The van der Waals surface area contributed by atoms with Crippen LogP contribution in [0.1, 0.15) is 36.1 Å². The smallest absolute Gasteiger partial charge is 0.233 e. The van der Waals surface area contributed by atoms with Gasteiger partial charge in [-0.25, -0.2) is 4.39 Å². The van der Waals surface area contributed by atoms with Crippen LogP contribution >= 0.6 is 0 Å². The third-order valence-electron chi connectivity index (χ3n) is 5.49. The molecule has 148 valence electrons. The Balaban J connectivity index is 1.54. The first-order valence-electron chi connectivity index (χ1n) is 9.65. The van der Waals surface area contributed by atoms with Crippen molar-refractivity contribution in [1.82, 2.24) is 0 Å². The van der Waals surface area contributed by atoms with Gasteiger partial charge in [0.05, 0.1) is 18.1 Å². The maximum Gasteiger partial charge on any atom is 0.233 e. The molecule has 0 aromatic heterocycles. The fraction of sp³-hybridized carbons (Fsp3) is 0.208. The fourth-order valence-corrected chi connectivity index (χ4v) is 3.95. The number of hydrogen-bond donors (Lipinski definition) is 2. The Morgan fingerprint density at radius 1 is 0.931 bits per heavy atom. The summed E-state index contributed by atoms with van der Waals surface area (Å²) in [5.74, 6) is -0.426. The van der Waals surface area contributed by atoms with E-state index in [1.807, 2.05) is 42.5 Å². The first-order chi connectivity index (χ1) is 14.0. The first-order valence-corrected chi connectivity index (χ1v) is 9.65. The van der Waals surface area contributed by atoms with Crippen molar-refractivity contribution in [2.75, 3.05) is 4.90 Å². The zero-order chi connectivity index (χ0) is 20.4. The molecule has 1 aliphatic rings. The number of rotatable bonds is 6. The summed E-state index contributed by atoms with van der Waals surface area (Å²) in [5.41, 5.74) is 2.40. The van der Waals surface area contributed by atoms with Crippen LogP contribution in [-0.2, 0) is 4.79 Å². The van der Waals surface area contributed by atoms with Crippen molar-refractivity contribution in [3.63, 3.8) is 0 Å². The summed E-state index contributed by atoms with van der Waals surface area (Å²) in [6.07, 6.45) is 0.153. The number of phenolic OH excluding ortho intramolecular Hbond substituents is 1. The highest BCUT2D eigenvalue weighted by atomic mass is 19.1. The average Bonchev–Trinajstić information content (AvgIpc) is 2.74. The molecule has 1 amide bonds. The molecule has 1 fully saturated rings. The minimum atomic E-state index is -0.755. The van der Waals surface area contributed by atoms with Crippen LogP contribution in [0.15, 0.2) is 78.9 Å². The van der Waals surface area contributed by atoms with Gasteiger partial charge in [0.1, 0.15) is 11.6 Å². The molecule has 4 rings (SSSR count). The highest BCUT2D eigenvalue weighted by Gasteiger charge is 2.48. The second-order valence-electron chi connectivity index (χ2n) is 7.33. The number of para-hydroxylation sites is 1. The van der Waals surface area contributed by atoms with Gasteiger partial charge in [0.25, 0.3) is 0 Å². The van der Waals surface area contributed by atoms with E-state index in [-0.39, 0.29) is 29.4 Å². The normalized spacial score (nSPS) is 19.7. The molecule has 5 heteroatoms. The Bertz CT molecular complexity index is 973. The Morgan fingerprint density at radius 2 is 1.59 bits per heavy atom. The number of carbonyl (C=O) groups excluding carboxylic acids is 1. The van der Waals surface area contributed by atoms with Crippen molar-refractivity contribution >= 4 is 11.6 Å². The van der Waals surface area contributed by atoms with Gasteiger partial charge in [-0.1, -0.05) is 42.5 Å². The summed E-state index contributed by atoms with van der Waals surface area (Å²) in [6, 6.07) is 22.0. The second-order valence-corrected chi connectivity index (χ2v) is 7.33. The zero-order valence-electron chi connectivity index (χ0n) is 15.8. The lowest BCUT2D eigenvalue weighted by atomic mass is 9.78. The van der Waals surface area contributed by atoms with Crippen molar-refractivity contribution in [1.29, 1.82) is 0 Å². The number of phenols is 1. The van der Waals surface area contributed by atoms with Crippen LogP contribution in [0, 0.1) is 11.7 Å². The Labute approximate surface area is 168 Å². The quantitative estimate of drug-likeness (QED) is 0.596. The zero-order valence-corrected chi connectivity index (χ0v) is 15.8. The highest BCUT2D eigenvalue weighted by molar-refractivity contribution is 6.03. The maximum absolute atomic E-state index is 13.1. The van der Waals surface area contributed by atoms with Gasteiger partial charge in [-0.05, 0) is 60.4 Å². The summed E-state index contributed by atoms with van der Waals surface area (Å²) in [7, 11) is 0. The SMILES string of the molecule is O=C1[C@H](CC[C@H](O)c2ccc(F)cc2)[C@@H](c2ccc(O)cc2)N1c1ccccc1. The molecule has 0 spiro atoms. The second kappa shape index (κ2) is 8.05.